The molecule has 7 heteroatoms. The number of amides is 1. The van der Waals surface area contributed by atoms with E-state index in [-0.39, 0.29) is 11.9 Å². The lowest BCUT2D eigenvalue weighted by Gasteiger charge is -2.37. The summed E-state index contributed by atoms with van der Waals surface area (Å²) in [4.78, 5) is 14.8. The molecule has 1 aromatic heterocycles. The summed E-state index contributed by atoms with van der Waals surface area (Å²) >= 11 is 0. The number of hydrogen-bond acceptors (Lipinski definition) is 6. The highest BCUT2D eigenvalue weighted by molar-refractivity contribution is 5.95. The normalized spacial score (nSPS) is 19.6. The Hall–Kier alpha value is -2.25. The first-order valence-electron chi connectivity index (χ1n) is 8.57. The number of carbonyl (C=O) groups excluding carboxylic acids is 1. The Kier molecular flexibility index (Phi) is 5.45. The third kappa shape index (κ3) is 4.24. The number of benzene rings is 1. The van der Waals surface area contributed by atoms with Crippen molar-refractivity contribution in [1.29, 1.82) is 0 Å². The van der Waals surface area contributed by atoms with Crippen molar-refractivity contribution >= 4 is 5.91 Å². The molecule has 2 aromatic rings. The summed E-state index contributed by atoms with van der Waals surface area (Å²) < 4.78 is 10.9. The Morgan fingerprint density at radius 2 is 2.28 bits per heavy atom. The minimum absolute atomic E-state index is 0.106. The van der Waals surface area contributed by atoms with E-state index in [1.165, 1.54) is 0 Å². The molecule has 0 radical (unpaired) electrons. The van der Waals surface area contributed by atoms with Gasteiger partial charge in [-0.1, -0.05) is 6.07 Å². The lowest BCUT2D eigenvalue weighted by atomic mass is 10.1. The average Bonchev–Trinajstić information content (AvgIpc) is 3.06. The van der Waals surface area contributed by atoms with E-state index in [1.54, 1.807) is 19.1 Å². The van der Waals surface area contributed by atoms with E-state index in [9.17, 15) is 4.79 Å². The minimum atomic E-state index is -0.106. The number of aromatic nitrogens is 2. The Labute approximate surface area is 147 Å². The lowest BCUT2D eigenvalue weighted by Crippen LogP contribution is -2.51. The summed E-state index contributed by atoms with van der Waals surface area (Å²) in [5, 5.41) is 10.8. The number of rotatable bonds is 5. The van der Waals surface area contributed by atoms with Gasteiger partial charge in [0.25, 0.3) is 5.91 Å². The Balaban J connectivity index is 1.61. The van der Waals surface area contributed by atoms with Crippen molar-refractivity contribution in [2.45, 2.75) is 32.9 Å². The van der Waals surface area contributed by atoms with Gasteiger partial charge in [-0.15, -0.1) is 10.2 Å². The molecule has 0 saturated carbocycles. The van der Waals surface area contributed by atoms with Gasteiger partial charge in [-0.05, 0) is 32.0 Å². The molecule has 2 unspecified atom stereocenters. The number of hydrogen-bond donors (Lipinski definition) is 1. The molecule has 134 valence electrons. The predicted octanol–water partition coefficient (Wildman–Crippen LogP) is 1.88. The summed E-state index contributed by atoms with van der Waals surface area (Å²) in [5.41, 5.74) is 1.32. The fourth-order valence-electron chi connectivity index (χ4n) is 3.06. The minimum Gasteiger partial charge on any atom is -0.421 e. The molecule has 1 N–H and O–H groups in total. The molecule has 0 aliphatic carbocycles. The van der Waals surface area contributed by atoms with Crippen LogP contribution in [0.3, 0.4) is 0 Å². The maximum atomic E-state index is 12.5. The largest absolute Gasteiger partial charge is 0.421 e. The maximum Gasteiger partial charge on any atom is 0.251 e. The molecule has 1 amide bonds. The number of nitrogens with zero attached hydrogens (tertiary/aromatic N) is 3. The number of aryl methyl sites for hydroxylation is 1. The number of carbonyl (C=O) groups is 1. The van der Waals surface area contributed by atoms with Crippen LogP contribution >= 0.6 is 0 Å². The molecule has 0 spiro atoms. The van der Waals surface area contributed by atoms with Gasteiger partial charge < -0.3 is 14.5 Å². The molecule has 2 heterocycles. The standard InChI is InChI=1S/C18H24N4O3/c1-12(22-7-8-24-11-13(22)2)10-19-17(23)15-5-4-6-16(9-15)18-21-20-14(3)25-18/h4-6,9,12-13H,7-8,10-11H2,1-3H3,(H,19,23). The average molecular weight is 344 g/mol. The zero-order chi connectivity index (χ0) is 17.8. The van der Waals surface area contributed by atoms with E-state index >= 15 is 0 Å². The van der Waals surface area contributed by atoms with Gasteiger partial charge in [-0.2, -0.15) is 0 Å². The molecule has 7 nitrogen and oxygen atoms in total. The molecule has 1 aliphatic rings. The van der Waals surface area contributed by atoms with Crippen molar-refractivity contribution in [3.63, 3.8) is 0 Å². The van der Waals surface area contributed by atoms with Crippen molar-refractivity contribution in [3.8, 4) is 11.5 Å². The highest BCUT2D eigenvalue weighted by Crippen LogP contribution is 2.19. The van der Waals surface area contributed by atoms with Crippen LogP contribution in [0.1, 0.15) is 30.1 Å². The molecule has 3 rings (SSSR count). The molecule has 1 saturated heterocycles. The van der Waals surface area contributed by atoms with E-state index in [0.717, 1.165) is 25.3 Å². The lowest BCUT2D eigenvalue weighted by molar-refractivity contribution is -0.0178. The van der Waals surface area contributed by atoms with Crippen LogP contribution < -0.4 is 5.32 Å². The van der Waals surface area contributed by atoms with E-state index in [0.29, 0.717) is 29.9 Å². The highest BCUT2D eigenvalue weighted by atomic mass is 16.5. The molecule has 1 fully saturated rings. The second-order valence-corrected chi connectivity index (χ2v) is 6.43. The molecule has 2 atom stereocenters. The molecule has 25 heavy (non-hydrogen) atoms. The second kappa shape index (κ2) is 7.76. The van der Waals surface area contributed by atoms with Crippen molar-refractivity contribution in [2.75, 3.05) is 26.3 Å². The zero-order valence-electron chi connectivity index (χ0n) is 14.9. The van der Waals surface area contributed by atoms with Crippen LogP contribution in [-0.2, 0) is 4.74 Å². The molecule has 1 aromatic carbocycles. The third-order valence-corrected chi connectivity index (χ3v) is 4.44. The third-order valence-electron chi connectivity index (χ3n) is 4.44. The summed E-state index contributed by atoms with van der Waals surface area (Å²) in [6, 6.07) is 7.84. The van der Waals surface area contributed by atoms with Gasteiger partial charge in [0.1, 0.15) is 0 Å². The number of nitrogens with one attached hydrogen (secondary N) is 1. The summed E-state index contributed by atoms with van der Waals surface area (Å²) in [6.45, 7) is 8.98. The summed E-state index contributed by atoms with van der Waals surface area (Å²) in [6.07, 6.45) is 0. The monoisotopic (exact) mass is 344 g/mol. The van der Waals surface area contributed by atoms with Gasteiger partial charge in [0, 0.05) is 43.2 Å². The quantitative estimate of drug-likeness (QED) is 0.892. The van der Waals surface area contributed by atoms with Gasteiger partial charge in [0.2, 0.25) is 11.8 Å². The first-order chi connectivity index (χ1) is 12.0. The second-order valence-electron chi connectivity index (χ2n) is 6.43. The Morgan fingerprint density at radius 1 is 1.44 bits per heavy atom. The van der Waals surface area contributed by atoms with Gasteiger partial charge in [-0.3, -0.25) is 9.69 Å². The first kappa shape index (κ1) is 17.6. The van der Waals surface area contributed by atoms with E-state index in [1.807, 2.05) is 12.1 Å². The Bertz CT molecular complexity index is 731. The van der Waals surface area contributed by atoms with E-state index in [4.69, 9.17) is 9.15 Å². The smallest absolute Gasteiger partial charge is 0.251 e. The van der Waals surface area contributed by atoms with Crippen LogP contribution in [-0.4, -0.2) is 59.4 Å². The van der Waals surface area contributed by atoms with Crippen molar-refractivity contribution in [3.05, 3.63) is 35.7 Å². The van der Waals surface area contributed by atoms with Gasteiger partial charge in [0.05, 0.1) is 13.2 Å². The fraction of sp³-hybridized carbons (Fsp3) is 0.500. The first-order valence-corrected chi connectivity index (χ1v) is 8.57. The maximum absolute atomic E-state index is 12.5. The zero-order valence-corrected chi connectivity index (χ0v) is 14.9. The molecular weight excluding hydrogens is 320 g/mol. The van der Waals surface area contributed by atoms with Crippen LogP contribution in [0, 0.1) is 6.92 Å². The van der Waals surface area contributed by atoms with Gasteiger partial charge >= 0.3 is 0 Å². The van der Waals surface area contributed by atoms with Gasteiger partial charge in [-0.25, -0.2) is 0 Å². The summed E-state index contributed by atoms with van der Waals surface area (Å²) in [7, 11) is 0. The number of morpholine rings is 1. The van der Waals surface area contributed by atoms with Crippen LogP contribution in [0.2, 0.25) is 0 Å². The van der Waals surface area contributed by atoms with Crippen LogP contribution in [0.25, 0.3) is 11.5 Å². The van der Waals surface area contributed by atoms with Crippen molar-refractivity contribution in [2.24, 2.45) is 0 Å². The highest BCUT2D eigenvalue weighted by Gasteiger charge is 2.24. The van der Waals surface area contributed by atoms with Crippen LogP contribution in [0.5, 0.6) is 0 Å². The van der Waals surface area contributed by atoms with Crippen molar-refractivity contribution < 1.29 is 13.9 Å². The Morgan fingerprint density at radius 3 is 3.00 bits per heavy atom. The summed E-state index contributed by atoms with van der Waals surface area (Å²) in [5.74, 6) is 0.812. The SMILES string of the molecule is Cc1nnc(-c2cccc(C(=O)NCC(C)N3CCOCC3C)c2)o1. The number of ether oxygens (including phenoxy) is 1. The fourth-order valence-corrected chi connectivity index (χ4v) is 3.06. The van der Waals surface area contributed by atoms with Crippen molar-refractivity contribution in [1.82, 2.24) is 20.4 Å². The van der Waals surface area contributed by atoms with E-state index < -0.39 is 0 Å². The predicted molar refractivity (Wildman–Crippen MR) is 93.3 cm³/mol. The van der Waals surface area contributed by atoms with Gasteiger partial charge in [0.15, 0.2) is 0 Å². The van der Waals surface area contributed by atoms with E-state index in [2.05, 4.69) is 34.3 Å². The molecular formula is C18H24N4O3. The topological polar surface area (TPSA) is 80.5 Å². The molecule has 0 bridgehead atoms. The van der Waals surface area contributed by atoms with Crippen LogP contribution in [0.4, 0.5) is 0 Å². The molecule has 1 aliphatic heterocycles. The van der Waals surface area contributed by atoms with Crippen LogP contribution in [0.15, 0.2) is 28.7 Å².